The zero-order chi connectivity index (χ0) is 16.6. The predicted molar refractivity (Wildman–Crippen MR) is 80.7 cm³/mol. The number of fused-ring (bicyclic) bond motifs is 1. The maximum absolute atomic E-state index is 12.4. The zero-order valence-corrected chi connectivity index (χ0v) is 13.1. The molecule has 0 radical (unpaired) electrons. The molecule has 0 bridgehead atoms. The molecule has 1 unspecified atom stereocenters. The first-order valence-corrected chi connectivity index (χ1v) is 7.84. The Kier molecular flexibility index (Phi) is 4.42. The summed E-state index contributed by atoms with van der Waals surface area (Å²) in [5.74, 6) is -0.138. The lowest BCUT2D eigenvalue weighted by molar-refractivity contribution is -0.148. The first kappa shape index (κ1) is 16.4. The van der Waals surface area contributed by atoms with Crippen molar-refractivity contribution in [1.29, 1.82) is 0 Å². The number of amides is 1. The molecule has 0 saturated carbocycles. The van der Waals surface area contributed by atoms with Crippen LogP contribution in [0, 0.1) is 0 Å². The van der Waals surface area contributed by atoms with E-state index in [-0.39, 0.29) is 11.9 Å². The molecule has 1 N–H and O–H groups in total. The van der Waals surface area contributed by atoms with Crippen molar-refractivity contribution in [2.45, 2.75) is 18.6 Å². The van der Waals surface area contributed by atoms with Crippen LogP contribution >= 0.6 is 11.6 Å². The lowest BCUT2D eigenvalue weighted by atomic mass is 9.93. The quantitative estimate of drug-likeness (QED) is 0.830. The third kappa shape index (κ3) is 3.72. The molecule has 3 aliphatic rings. The first-order chi connectivity index (χ1) is 10.8. The minimum absolute atomic E-state index is 0.115. The number of hydrogen-bond donors (Lipinski definition) is 1. The van der Waals surface area contributed by atoms with Gasteiger partial charge in [0, 0.05) is 32.3 Å². The fourth-order valence-electron chi connectivity index (χ4n) is 3.13. The Hall–Kier alpha value is -1.47. The van der Waals surface area contributed by atoms with Crippen molar-refractivity contribution in [3.63, 3.8) is 0 Å². The number of carbonyl (C=O) groups is 1. The number of halogens is 4. The molecule has 0 spiro atoms. The van der Waals surface area contributed by atoms with Gasteiger partial charge in [-0.2, -0.15) is 13.2 Å². The Labute approximate surface area is 137 Å². The normalized spacial score (nSPS) is 26.1. The predicted octanol–water partition coefficient (Wildman–Crippen LogP) is 2.00. The van der Waals surface area contributed by atoms with E-state index >= 15 is 0 Å². The van der Waals surface area contributed by atoms with Crippen molar-refractivity contribution >= 4 is 17.5 Å². The smallest absolute Gasteiger partial charge is 0.368 e. The Morgan fingerprint density at radius 3 is 2.57 bits per heavy atom. The molecule has 3 rings (SSSR count). The molecule has 1 atom stereocenters. The fourth-order valence-corrected chi connectivity index (χ4v) is 3.52. The summed E-state index contributed by atoms with van der Waals surface area (Å²) in [7, 11) is 0. The van der Waals surface area contributed by atoms with E-state index in [1.807, 2.05) is 11.0 Å². The van der Waals surface area contributed by atoms with Crippen molar-refractivity contribution in [1.82, 2.24) is 15.1 Å². The van der Waals surface area contributed by atoms with Crippen molar-refractivity contribution in [3.8, 4) is 0 Å². The lowest BCUT2D eigenvalue weighted by Crippen LogP contribution is -2.49. The van der Waals surface area contributed by atoms with Crippen molar-refractivity contribution in [2.75, 3.05) is 32.7 Å². The van der Waals surface area contributed by atoms with E-state index < -0.39 is 12.7 Å². The van der Waals surface area contributed by atoms with Crippen LogP contribution in [-0.4, -0.2) is 60.6 Å². The van der Waals surface area contributed by atoms with Crippen LogP contribution in [0.2, 0.25) is 0 Å². The standard InChI is InChI=1S/C15H17ClF3N3O/c16-14-10-1-4-13(23)20-11(10)2-3-12(14)22-7-5-21(6-8-22)9-15(17,18)19/h1,3-4,11H,2,5-9H2,(H,20,23). The number of piperazine rings is 1. The molecule has 1 saturated heterocycles. The van der Waals surface area contributed by atoms with E-state index in [1.165, 1.54) is 11.0 Å². The second-order valence-electron chi connectivity index (χ2n) is 5.87. The van der Waals surface area contributed by atoms with Gasteiger partial charge in [-0.05, 0) is 18.1 Å². The molecule has 23 heavy (non-hydrogen) atoms. The number of nitrogens with one attached hydrogen (secondary N) is 1. The van der Waals surface area contributed by atoms with E-state index in [4.69, 9.17) is 11.6 Å². The Balaban J connectivity index is 1.66. The molecular weight excluding hydrogens is 331 g/mol. The van der Waals surface area contributed by atoms with Gasteiger partial charge >= 0.3 is 6.18 Å². The highest BCUT2D eigenvalue weighted by Crippen LogP contribution is 2.33. The average Bonchev–Trinajstić information content (AvgIpc) is 2.47. The molecule has 0 aromatic rings. The van der Waals surface area contributed by atoms with Gasteiger partial charge in [0.25, 0.3) is 0 Å². The average molecular weight is 348 g/mol. The third-order valence-corrected chi connectivity index (χ3v) is 4.66. The number of allylic oxidation sites excluding steroid dienone is 1. The summed E-state index contributed by atoms with van der Waals surface area (Å²) in [5, 5.41) is 3.41. The van der Waals surface area contributed by atoms with Gasteiger partial charge in [0.15, 0.2) is 0 Å². The summed E-state index contributed by atoms with van der Waals surface area (Å²) >= 11 is 6.45. The molecule has 1 aliphatic carbocycles. The molecular formula is C15H17ClF3N3O. The summed E-state index contributed by atoms with van der Waals surface area (Å²) < 4.78 is 37.3. The Morgan fingerprint density at radius 2 is 1.91 bits per heavy atom. The number of rotatable bonds is 2. The van der Waals surface area contributed by atoms with Gasteiger partial charge in [-0.3, -0.25) is 9.69 Å². The summed E-state index contributed by atoms with van der Waals surface area (Å²) in [6.45, 7) is 0.850. The number of nitrogens with zero attached hydrogens (tertiary/aromatic N) is 2. The van der Waals surface area contributed by atoms with Crippen LogP contribution < -0.4 is 5.32 Å². The third-order valence-electron chi connectivity index (χ3n) is 4.25. The second-order valence-corrected chi connectivity index (χ2v) is 6.25. The van der Waals surface area contributed by atoms with Crippen molar-refractivity contribution in [3.05, 3.63) is 34.5 Å². The molecule has 2 heterocycles. The number of carbonyl (C=O) groups excluding carboxylic acids is 1. The first-order valence-electron chi connectivity index (χ1n) is 7.46. The highest BCUT2D eigenvalue weighted by Gasteiger charge is 2.34. The van der Waals surface area contributed by atoms with Gasteiger partial charge in [0.05, 0.1) is 23.3 Å². The van der Waals surface area contributed by atoms with Crippen LogP contribution in [0.4, 0.5) is 13.2 Å². The van der Waals surface area contributed by atoms with Crippen molar-refractivity contribution in [2.24, 2.45) is 0 Å². The molecule has 8 heteroatoms. The molecule has 126 valence electrons. The van der Waals surface area contributed by atoms with Crippen LogP contribution in [0.1, 0.15) is 6.42 Å². The zero-order valence-electron chi connectivity index (χ0n) is 12.4. The van der Waals surface area contributed by atoms with Crippen LogP contribution in [-0.2, 0) is 4.79 Å². The second kappa shape index (κ2) is 6.20. The monoisotopic (exact) mass is 347 g/mol. The molecule has 0 aromatic carbocycles. The van der Waals surface area contributed by atoms with E-state index in [2.05, 4.69) is 5.32 Å². The van der Waals surface area contributed by atoms with E-state index in [0.717, 1.165) is 11.3 Å². The minimum Gasteiger partial charge on any atom is -0.368 e. The van der Waals surface area contributed by atoms with E-state index in [9.17, 15) is 18.0 Å². The lowest BCUT2D eigenvalue weighted by Gasteiger charge is -2.39. The Bertz CT molecular complexity index is 589. The summed E-state index contributed by atoms with van der Waals surface area (Å²) in [4.78, 5) is 14.8. The van der Waals surface area contributed by atoms with Crippen LogP contribution in [0.5, 0.6) is 0 Å². The highest BCUT2D eigenvalue weighted by molar-refractivity contribution is 6.32. The van der Waals surface area contributed by atoms with Gasteiger partial charge in [0.1, 0.15) is 0 Å². The minimum atomic E-state index is -4.16. The van der Waals surface area contributed by atoms with Gasteiger partial charge in [-0.25, -0.2) is 0 Å². The van der Waals surface area contributed by atoms with Gasteiger partial charge in [-0.1, -0.05) is 17.7 Å². The summed E-state index contributed by atoms with van der Waals surface area (Å²) in [6, 6.07) is -0.115. The highest BCUT2D eigenvalue weighted by atomic mass is 35.5. The number of alkyl halides is 3. The topological polar surface area (TPSA) is 35.6 Å². The van der Waals surface area contributed by atoms with E-state index in [1.54, 1.807) is 6.08 Å². The number of hydrogen-bond acceptors (Lipinski definition) is 3. The van der Waals surface area contributed by atoms with Crippen LogP contribution in [0.3, 0.4) is 0 Å². The SMILES string of the molecule is O=C1C=CC2=C(Cl)C(N3CCN(CC(F)(F)F)CC3)=CCC2N1. The van der Waals surface area contributed by atoms with Crippen LogP contribution in [0.15, 0.2) is 34.5 Å². The molecule has 2 aliphatic heterocycles. The molecule has 4 nitrogen and oxygen atoms in total. The van der Waals surface area contributed by atoms with Gasteiger partial charge in [0.2, 0.25) is 5.91 Å². The van der Waals surface area contributed by atoms with Crippen molar-refractivity contribution < 1.29 is 18.0 Å². The van der Waals surface area contributed by atoms with Gasteiger partial charge < -0.3 is 10.2 Å². The summed E-state index contributed by atoms with van der Waals surface area (Å²) in [6.07, 6.45) is 1.59. The van der Waals surface area contributed by atoms with Crippen LogP contribution in [0.25, 0.3) is 0 Å². The van der Waals surface area contributed by atoms with Gasteiger partial charge in [-0.15, -0.1) is 0 Å². The Morgan fingerprint density at radius 1 is 1.22 bits per heavy atom. The largest absolute Gasteiger partial charge is 0.401 e. The molecule has 1 amide bonds. The fraction of sp³-hybridized carbons (Fsp3) is 0.533. The van der Waals surface area contributed by atoms with E-state index in [0.29, 0.717) is 37.6 Å². The maximum atomic E-state index is 12.4. The molecule has 1 fully saturated rings. The summed E-state index contributed by atoms with van der Waals surface area (Å²) in [5.41, 5.74) is 1.71. The molecule has 0 aromatic heterocycles. The maximum Gasteiger partial charge on any atom is 0.401 e.